The zero-order valence-corrected chi connectivity index (χ0v) is 24.4. The van der Waals surface area contributed by atoms with Crippen LogP contribution in [0.4, 0.5) is 18.0 Å². The molecule has 0 spiro atoms. The largest absolute Gasteiger partial charge is 0.494 e. The lowest BCUT2D eigenvalue weighted by Gasteiger charge is -2.26. The van der Waals surface area contributed by atoms with Crippen molar-refractivity contribution < 1.29 is 46.4 Å². The van der Waals surface area contributed by atoms with Gasteiger partial charge in [0.2, 0.25) is 5.89 Å². The molecule has 0 saturated heterocycles. The van der Waals surface area contributed by atoms with E-state index < -0.39 is 35.2 Å². The van der Waals surface area contributed by atoms with E-state index in [0.717, 1.165) is 6.07 Å². The van der Waals surface area contributed by atoms with Crippen molar-refractivity contribution in [1.29, 1.82) is 0 Å². The quantitative estimate of drug-likeness (QED) is 0.157. The fourth-order valence-corrected chi connectivity index (χ4v) is 3.70. The van der Waals surface area contributed by atoms with Crippen LogP contribution in [-0.4, -0.2) is 47.6 Å². The van der Waals surface area contributed by atoms with Crippen LogP contribution in [0.15, 0.2) is 28.7 Å². The standard InChI is InChI=1S/C28H36F3N3O7/c1-9-38-39-15-19-23(18(14-37-26(2,3)4)33-25(35)41-27(5,6)7)40-24(32-19)17-10-12-20(36-8)22-16(17)11-13-21(34-22)28(29,30)31/h10-13,18H,9,14-15H2,1-8H3,(H,33,35). The lowest BCUT2D eigenvalue weighted by Crippen LogP contribution is -2.38. The summed E-state index contributed by atoms with van der Waals surface area (Å²) < 4.78 is 63.1. The van der Waals surface area contributed by atoms with Gasteiger partial charge in [-0.15, -0.1) is 0 Å². The number of carbonyl (C=O) groups is 1. The van der Waals surface area contributed by atoms with Gasteiger partial charge in [-0.05, 0) is 72.7 Å². The zero-order chi connectivity index (χ0) is 30.6. The van der Waals surface area contributed by atoms with Gasteiger partial charge < -0.3 is 23.9 Å². The van der Waals surface area contributed by atoms with Gasteiger partial charge in [0, 0.05) is 10.9 Å². The summed E-state index contributed by atoms with van der Waals surface area (Å²) in [6.07, 6.45) is -5.36. The zero-order valence-electron chi connectivity index (χ0n) is 24.4. The van der Waals surface area contributed by atoms with Crippen molar-refractivity contribution in [2.45, 2.75) is 78.5 Å². The number of amides is 1. The van der Waals surface area contributed by atoms with Crippen molar-refractivity contribution in [3.63, 3.8) is 0 Å². The van der Waals surface area contributed by atoms with Crippen LogP contribution in [0.3, 0.4) is 0 Å². The number of pyridine rings is 1. The highest BCUT2D eigenvalue weighted by atomic mass is 19.4. The fraction of sp³-hybridized carbons (Fsp3) is 0.536. The third-order valence-electron chi connectivity index (χ3n) is 5.38. The smallest absolute Gasteiger partial charge is 0.433 e. The molecule has 0 aliphatic heterocycles. The molecule has 0 bridgehead atoms. The molecule has 1 N–H and O–H groups in total. The molecule has 41 heavy (non-hydrogen) atoms. The fourth-order valence-electron chi connectivity index (χ4n) is 3.70. The third kappa shape index (κ3) is 8.78. The first-order valence-corrected chi connectivity index (χ1v) is 12.9. The number of ether oxygens (including phenoxy) is 3. The summed E-state index contributed by atoms with van der Waals surface area (Å²) in [5.41, 5.74) is -1.80. The maximum Gasteiger partial charge on any atom is 0.433 e. The molecule has 1 aromatic carbocycles. The summed E-state index contributed by atoms with van der Waals surface area (Å²) >= 11 is 0. The molecule has 10 nitrogen and oxygen atoms in total. The minimum Gasteiger partial charge on any atom is -0.494 e. The molecule has 2 heterocycles. The Bertz CT molecular complexity index is 1340. The summed E-state index contributed by atoms with van der Waals surface area (Å²) in [5.74, 6) is 0.388. The van der Waals surface area contributed by atoms with Crippen LogP contribution < -0.4 is 10.1 Å². The molecule has 0 radical (unpaired) electrons. The van der Waals surface area contributed by atoms with Crippen LogP contribution >= 0.6 is 0 Å². The average Bonchev–Trinajstić information content (AvgIpc) is 3.27. The number of alkyl halides is 3. The molecule has 3 aromatic rings. The molecule has 0 aliphatic rings. The van der Waals surface area contributed by atoms with E-state index in [1.54, 1.807) is 33.8 Å². The van der Waals surface area contributed by atoms with E-state index in [-0.39, 0.29) is 48.4 Å². The molecule has 13 heteroatoms. The second-order valence-electron chi connectivity index (χ2n) is 11.0. The number of fused-ring (bicyclic) bond motifs is 1. The van der Waals surface area contributed by atoms with Crippen LogP contribution in [-0.2, 0) is 32.0 Å². The number of aromatic nitrogens is 2. The highest BCUT2D eigenvalue weighted by molar-refractivity contribution is 5.96. The molecule has 2 aromatic heterocycles. The normalized spacial score (nSPS) is 13.3. The van der Waals surface area contributed by atoms with Gasteiger partial charge in [0.25, 0.3) is 0 Å². The van der Waals surface area contributed by atoms with Crippen molar-refractivity contribution in [2.24, 2.45) is 0 Å². The van der Waals surface area contributed by atoms with E-state index in [0.29, 0.717) is 10.9 Å². The molecular formula is C28H36F3N3O7. The van der Waals surface area contributed by atoms with Crippen molar-refractivity contribution in [2.75, 3.05) is 20.3 Å². The topological polar surface area (TPSA) is 114 Å². The first kappa shape index (κ1) is 32.1. The highest BCUT2D eigenvalue weighted by Gasteiger charge is 2.34. The number of nitrogens with zero attached hydrogens (tertiary/aromatic N) is 2. The van der Waals surface area contributed by atoms with E-state index >= 15 is 0 Å². The number of rotatable bonds is 10. The molecule has 1 atom stereocenters. The maximum absolute atomic E-state index is 13.4. The third-order valence-corrected chi connectivity index (χ3v) is 5.38. The van der Waals surface area contributed by atoms with Crippen molar-refractivity contribution in [3.05, 3.63) is 41.4 Å². The Morgan fingerprint density at radius 1 is 1.00 bits per heavy atom. The van der Waals surface area contributed by atoms with Crippen LogP contribution in [0.1, 0.15) is 71.7 Å². The Morgan fingerprint density at radius 2 is 1.71 bits per heavy atom. The Balaban J connectivity index is 2.15. The van der Waals surface area contributed by atoms with Gasteiger partial charge in [0.05, 0.1) is 25.9 Å². The van der Waals surface area contributed by atoms with Gasteiger partial charge in [0.1, 0.15) is 40.9 Å². The number of hydrogen-bond donors (Lipinski definition) is 1. The molecule has 1 unspecified atom stereocenters. The van der Waals surface area contributed by atoms with E-state index in [9.17, 15) is 18.0 Å². The van der Waals surface area contributed by atoms with Crippen molar-refractivity contribution in [3.8, 4) is 17.2 Å². The molecule has 0 fully saturated rings. The van der Waals surface area contributed by atoms with Gasteiger partial charge in [0.15, 0.2) is 5.76 Å². The number of alkyl carbamates (subject to hydrolysis) is 1. The van der Waals surface area contributed by atoms with E-state index in [4.69, 9.17) is 28.4 Å². The Hall–Kier alpha value is -3.42. The number of carbonyl (C=O) groups excluding carboxylic acids is 1. The lowest BCUT2D eigenvalue weighted by atomic mass is 10.1. The summed E-state index contributed by atoms with van der Waals surface area (Å²) in [6, 6.07) is 4.36. The molecule has 1 amide bonds. The van der Waals surface area contributed by atoms with E-state index in [2.05, 4.69) is 15.3 Å². The van der Waals surface area contributed by atoms with E-state index in [1.807, 2.05) is 20.8 Å². The Labute approximate surface area is 236 Å². The first-order valence-electron chi connectivity index (χ1n) is 12.9. The first-order chi connectivity index (χ1) is 19.0. The Kier molecular flexibility index (Phi) is 9.88. The maximum atomic E-state index is 13.4. The molecule has 0 saturated carbocycles. The second kappa shape index (κ2) is 12.6. The van der Waals surface area contributed by atoms with Crippen LogP contribution in [0.5, 0.6) is 5.75 Å². The number of nitrogens with one attached hydrogen (secondary N) is 1. The van der Waals surface area contributed by atoms with Crippen molar-refractivity contribution >= 4 is 17.0 Å². The number of halogens is 3. The summed E-state index contributed by atoms with van der Waals surface area (Å²) in [4.78, 5) is 31.4. The molecule has 226 valence electrons. The number of oxazole rings is 1. The monoisotopic (exact) mass is 583 g/mol. The summed E-state index contributed by atoms with van der Waals surface area (Å²) in [5, 5.41) is 3.07. The predicted molar refractivity (Wildman–Crippen MR) is 143 cm³/mol. The number of benzene rings is 1. The number of methoxy groups -OCH3 is 1. The highest BCUT2D eigenvalue weighted by Crippen LogP contribution is 2.38. The van der Waals surface area contributed by atoms with Crippen molar-refractivity contribution in [1.82, 2.24) is 15.3 Å². The predicted octanol–water partition coefficient (Wildman–Crippen LogP) is 6.77. The Morgan fingerprint density at radius 3 is 2.29 bits per heavy atom. The molecule has 3 rings (SSSR count). The van der Waals surface area contributed by atoms with E-state index in [1.165, 1.54) is 19.2 Å². The molecular weight excluding hydrogens is 547 g/mol. The second-order valence-corrected chi connectivity index (χ2v) is 11.0. The van der Waals surface area contributed by atoms with Gasteiger partial charge in [-0.2, -0.15) is 13.2 Å². The number of hydrogen-bond acceptors (Lipinski definition) is 9. The van der Waals surface area contributed by atoms with Crippen LogP contribution in [0, 0.1) is 0 Å². The van der Waals surface area contributed by atoms with Gasteiger partial charge in [-0.3, -0.25) is 0 Å². The molecule has 0 aliphatic carbocycles. The lowest BCUT2D eigenvalue weighted by molar-refractivity contribution is -0.301. The minimum atomic E-state index is -4.65. The average molecular weight is 584 g/mol. The van der Waals surface area contributed by atoms with Crippen LogP contribution in [0.25, 0.3) is 22.4 Å². The summed E-state index contributed by atoms with van der Waals surface area (Å²) in [7, 11) is 1.34. The van der Waals surface area contributed by atoms with Gasteiger partial charge in [-0.1, -0.05) is 0 Å². The summed E-state index contributed by atoms with van der Waals surface area (Å²) in [6.45, 7) is 12.6. The SMILES string of the molecule is CCOOCc1nc(-c2ccc(OC)c3nc(C(F)(F)F)ccc23)oc1C(COC(C)(C)C)NC(=O)OC(C)(C)C. The van der Waals surface area contributed by atoms with Gasteiger partial charge >= 0.3 is 12.3 Å². The van der Waals surface area contributed by atoms with Gasteiger partial charge in [-0.25, -0.2) is 24.5 Å². The van der Waals surface area contributed by atoms with Crippen LogP contribution in [0.2, 0.25) is 0 Å². The minimum absolute atomic E-state index is 0.0150.